The summed E-state index contributed by atoms with van der Waals surface area (Å²) < 4.78 is 9.98. The standard InChI is InChI=1S/C9H11NO2.C9H9NO/c1-12-9-4-6-2-3-8(11)7(6)5-10-9;1-11-9-5-7-3-2-4-8(7)6-10-9/h4-5,8,11H,2-3H2,1H3;2,4-6H,3H2,1H3. The molecule has 5 heteroatoms. The van der Waals surface area contributed by atoms with Crippen LogP contribution in [0.2, 0.25) is 0 Å². The topological polar surface area (TPSA) is 64.5 Å². The molecule has 0 bridgehead atoms. The maximum absolute atomic E-state index is 9.46. The first-order chi connectivity index (χ1) is 11.2. The Kier molecular flexibility index (Phi) is 4.57. The number of fused-ring (bicyclic) bond motifs is 2. The quantitative estimate of drug-likeness (QED) is 0.923. The van der Waals surface area contributed by atoms with Gasteiger partial charge in [0.2, 0.25) is 11.8 Å². The van der Waals surface area contributed by atoms with Crippen LogP contribution >= 0.6 is 0 Å². The van der Waals surface area contributed by atoms with Gasteiger partial charge in [-0.2, -0.15) is 0 Å². The molecule has 4 rings (SSSR count). The van der Waals surface area contributed by atoms with Gasteiger partial charge in [-0.25, -0.2) is 9.97 Å². The van der Waals surface area contributed by atoms with Crippen LogP contribution < -0.4 is 9.47 Å². The van der Waals surface area contributed by atoms with Crippen LogP contribution in [0.5, 0.6) is 11.8 Å². The van der Waals surface area contributed by atoms with E-state index in [2.05, 4.69) is 22.1 Å². The van der Waals surface area contributed by atoms with Gasteiger partial charge in [0.15, 0.2) is 0 Å². The van der Waals surface area contributed by atoms with Crippen molar-refractivity contribution in [1.29, 1.82) is 0 Å². The Hall–Kier alpha value is -2.40. The van der Waals surface area contributed by atoms with E-state index in [4.69, 9.17) is 9.47 Å². The van der Waals surface area contributed by atoms with Crippen LogP contribution in [0, 0.1) is 0 Å². The Labute approximate surface area is 135 Å². The van der Waals surface area contributed by atoms with Gasteiger partial charge in [0.1, 0.15) is 0 Å². The van der Waals surface area contributed by atoms with E-state index in [1.54, 1.807) is 20.4 Å². The first-order valence-corrected chi connectivity index (χ1v) is 7.61. The predicted octanol–water partition coefficient (Wildman–Crippen LogP) is 2.73. The van der Waals surface area contributed by atoms with Crippen LogP contribution in [0.4, 0.5) is 0 Å². The number of aromatic nitrogens is 2. The number of methoxy groups -OCH3 is 2. The minimum absolute atomic E-state index is 0.321. The lowest BCUT2D eigenvalue weighted by molar-refractivity contribution is 0.179. The normalized spacial score (nSPS) is 17.1. The number of aliphatic hydroxyl groups is 1. The highest BCUT2D eigenvalue weighted by Gasteiger charge is 2.20. The van der Waals surface area contributed by atoms with Crippen molar-refractivity contribution in [3.05, 3.63) is 52.9 Å². The van der Waals surface area contributed by atoms with E-state index in [1.165, 1.54) is 11.1 Å². The van der Waals surface area contributed by atoms with Gasteiger partial charge in [-0.1, -0.05) is 12.2 Å². The van der Waals surface area contributed by atoms with E-state index in [0.29, 0.717) is 11.8 Å². The van der Waals surface area contributed by atoms with Crippen LogP contribution in [0.1, 0.15) is 34.8 Å². The van der Waals surface area contributed by atoms with Crippen molar-refractivity contribution in [2.75, 3.05) is 14.2 Å². The molecular formula is C18H20N2O3. The summed E-state index contributed by atoms with van der Waals surface area (Å²) in [6.07, 6.45) is 10.2. The number of nitrogens with zero attached hydrogens (tertiary/aromatic N) is 2. The molecule has 0 aliphatic heterocycles. The van der Waals surface area contributed by atoms with E-state index < -0.39 is 0 Å². The molecule has 1 N–H and O–H groups in total. The Morgan fingerprint density at radius 3 is 2.48 bits per heavy atom. The second kappa shape index (κ2) is 6.79. The molecule has 2 aliphatic rings. The molecule has 0 saturated carbocycles. The highest BCUT2D eigenvalue weighted by atomic mass is 16.5. The highest BCUT2D eigenvalue weighted by molar-refractivity contribution is 5.59. The summed E-state index contributed by atoms with van der Waals surface area (Å²) in [5, 5.41) is 9.46. The largest absolute Gasteiger partial charge is 0.481 e. The molecule has 0 saturated heterocycles. The van der Waals surface area contributed by atoms with Crippen LogP contribution in [0.25, 0.3) is 6.08 Å². The minimum Gasteiger partial charge on any atom is -0.481 e. The molecule has 1 unspecified atom stereocenters. The first-order valence-electron chi connectivity index (χ1n) is 7.61. The van der Waals surface area contributed by atoms with Crippen molar-refractivity contribution < 1.29 is 14.6 Å². The maximum Gasteiger partial charge on any atom is 0.213 e. The number of ether oxygens (including phenoxy) is 2. The number of allylic oxidation sites excluding steroid dienone is 1. The average molecular weight is 312 g/mol. The van der Waals surface area contributed by atoms with E-state index in [-0.39, 0.29) is 6.10 Å². The maximum atomic E-state index is 9.46. The van der Waals surface area contributed by atoms with E-state index in [0.717, 1.165) is 30.4 Å². The van der Waals surface area contributed by atoms with E-state index in [1.807, 2.05) is 18.3 Å². The summed E-state index contributed by atoms with van der Waals surface area (Å²) in [6, 6.07) is 3.88. The zero-order valence-electron chi connectivity index (χ0n) is 13.3. The molecule has 5 nitrogen and oxygen atoms in total. The van der Waals surface area contributed by atoms with Gasteiger partial charge >= 0.3 is 0 Å². The molecule has 2 heterocycles. The summed E-state index contributed by atoms with van der Waals surface area (Å²) in [7, 11) is 3.23. The minimum atomic E-state index is -0.321. The smallest absolute Gasteiger partial charge is 0.213 e. The monoisotopic (exact) mass is 312 g/mol. The van der Waals surface area contributed by atoms with Crippen molar-refractivity contribution in [2.24, 2.45) is 0 Å². The van der Waals surface area contributed by atoms with E-state index in [9.17, 15) is 5.11 Å². The Morgan fingerprint density at radius 1 is 1.04 bits per heavy atom. The molecule has 120 valence electrons. The Bertz CT molecular complexity index is 728. The molecule has 0 spiro atoms. The zero-order valence-corrected chi connectivity index (χ0v) is 13.3. The van der Waals surface area contributed by atoms with Gasteiger partial charge in [0, 0.05) is 30.1 Å². The van der Waals surface area contributed by atoms with Crippen molar-refractivity contribution in [3.8, 4) is 11.8 Å². The summed E-state index contributed by atoms with van der Waals surface area (Å²) in [5.41, 5.74) is 4.63. The molecule has 0 radical (unpaired) electrons. The molecule has 0 aromatic carbocycles. The van der Waals surface area contributed by atoms with Gasteiger partial charge < -0.3 is 14.6 Å². The molecule has 2 aromatic heterocycles. The number of hydrogen-bond acceptors (Lipinski definition) is 5. The molecule has 0 amide bonds. The number of aryl methyl sites for hydroxylation is 1. The third kappa shape index (κ3) is 3.35. The number of pyridine rings is 2. The molecular weight excluding hydrogens is 292 g/mol. The SMILES string of the molecule is COc1cc2c(cn1)C(O)CC2.COc1cc2c(cn1)C=CC2. The number of rotatable bonds is 2. The first kappa shape index (κ1) is 15.5. The van der Waals surface area contributed by atoms with Crippen LogP contribution in [0.15, 0.2) is 30.6 Å². The molecule has 1 atom stereocenters. The molecule has 2 aromatic rings. The lowest BCUT2D eigenvalue weighted by Crippen LogP contribution is -1.93. The van der Waals surface area contributed by atoms with Gasteiger partial charge in [-0.15, -0.1) is 0 Å². The molecule has 0 fully saturated rings. The third-order valence-corrected chi connectivity index (χ3v) is 4.10. The Balaban J connectivity index is 0.000000136. The fraction of sp³-hybridized carbons (Fsp3) is 0.333. The van der Waals surface area contributed by atoms with Gasteiger partial charge in [-0.3, -0.25) is 0 Å². The van der Waals surface area contributed by atoms with Gasteiger partial charge in [0.05, 0.1) is 20.3 Å². The fourth-order valence-corrected chi connectivity index (χ4v) is 2.80. The summed E-state index contributed by atoms with van der Waals surface area (Å²) in [4.78, 5) is 8.13. The van der Waals surface area contributed by atoms with Crippen LogP contribution in [-0.4, -0.2) is 29.3 Å². The van der Waals surface area contributed by atoms with Crippen molar-refractivity contribution in [2.45, 2.75) is 25.4 Å². The number of aliphatic hydroxyl groups excluding tert-OH is 1. The van der Waals surface area contributed by atoms with Crippen molar-refractivity contribution >= 4 is 6.08 Å². The lowest BCUT2D eigenvalue weighted by Gasteiger charge is -2.03. The Morgan fingerprint density at radius 2 is 1.74 bits per heavy atom. The van der Waals surface area contributed by atoms with Gasteiger partial charge in [-0.05, 0) is 36.0 Å². The summed E-state index contributed by atoms with van der Waals surface area (Å²) >= 11 is 0. The fourth-order valence-electron chi connectivity index (χ4n) is 2.80. The third-order valence-electron chi connectivity index (χ3n) is 4.10. The summed E-state index contributed by atoms with van der Waals surface area (Å²) in [5.74, 6) is 1.33. The van der Waals surface area contributed by atoms with Crippen LogP contribution in [-0.2, 0) is 12.8 Å². The number of hydrogen-bond donors (Lipinski definition) is 1. The van der Waals surface area contributed by atoms with Gasteiger partial charge in [0.25, 0.3) is 0 Å². The zero-order chi connectivity index (χ0) is 16.2. The van der Waals surface area contributed by atoms with E-state index >= 15 is 0 Å². The van der Waals surface area contributed by atoms with Crippen molar-refractivity contribution in [3.63, 3.8) is 0 Å². The summed E-state index contributed by atoms with van der Waals surface area (Å²) in [6.45, 7) is 0. The average Bonchev–Trinajstić information content (AvgIpc) is 3.21. The second-order valence-electron chi connectivity index (χ2n) is 5.51. The lowest BCUT2D eigenvalue weighted by atomic mass is 10.2. The molecule has 23 heavy (non-hydrogen) atoms. The molecule has 2 aliphatic carbocycles. The second-order valence-corrected chi connectivity index (χ2v) is 5.51. The van der Waals surface area contributed by atoms with Crippen LogP contribution in [0.3, 0.4) is 0 Å². The predicted molar refractivity (Wildman–Crippen MR) is 87.6 cm³/mol. The highest BCUT2D eigenvalue weighted by Crippen LogP contribution is 2.31. The van der Waals surface area contributed by atoms with Crippen molar-refractivity contribution in [1.82, 2.24) is 9.97 Å².